The third kappa shape index (κ3) is 4.38. The summed E-state index contributed by atoms with van der Waals surface area (Å²) in [6, 6.07) is 7.35. The second kappa shape index (κ2) is 5.88. The Balaban J connectivity index is 0.00000121. The summed E-state index contributed by atoms with van der Waals surface area (Å²) >= 11 is 0. The molecule has 1 rings (SSSR count). The molecule has 0 aliphatic carbocycles. The van der Waals surface area contributed by atoms with Gasteiger partial charge in [-0.2, -0.15) is 0 Å². The first-order valence-electron chi connectivity index (χ1n) is 3.43. The van der Waals surface area contributed by atoms with E-state index in [0.29, 0.717) is 5.75 Å². The Morgan fingerprint density at radius 2 is 1.75 bits per heavy atom. The number of hydrogen-bond acceptors (Lipinski definition) is 2. The van der Waals surface area contributed by atoms with Crippen molar-refractivity contribution < 1.29 is 9.53 Å². The normalized spacial score (nSPS) is 8.50. The van der Waals surface area contributed by atoms with Gasteiger partial charge in [-0.05, 0) is 19.1 Å². The molecule has 0 N–H and O–H groups in total. The molecule has 0 unspecified atom stereocenters. The Kier molecular flexibility index (Phi) is 6.04. The summed E-state index contributed by atoms with van der Waals surface area (Å²) < 4.78 is 4.83. The van der Waals surface area contributed by atoms with E-state index in [1.165, 1.54) is 6.92 Å². The maximum atomic E-state index is 10.5. The molecular formula is C9H10KO2. The molecule has 0 saturated carbocycles. The maximum absolute atomic E-state index is 10.5. The Morgan fingerprint density at radius 1 is 1.25 bits per heavy atom. The molecule has 0 amide bonds. The van der Waals surface area contributed by atoms with Gasteiger partial charge in [-0.25, -0.2) is 0 Å². The molecular weight excluding hydrogens is 179 g/mol. The number of hydrogen-bond donors (Lipinski definition) is 0. The van der Waals surface area contributed by atoms with E-state index in [1.54, 1.807) is 12.1 Å². The molecule has 1 aromatic carbocycles. The molecule has 1 radical (unpaired) electrons. The van der Waals surface area contributed by atoms with E-state index < -0.39 is 0 Å². The van der Waals surface area contributed by atoms with Crippen LogP contribution in [0.3, 0.4) is 0 Å². The number of rotatable bonds is 1. The van der Waals surface area contributed by atoms with Gasteiger partial charge in [0.15, 0.2) is 0 Å². The van der Waals surface area contributed by atoms with Gasteiger partial charge in [-0.15, -0.1) is 0 Å². The van der Waals surface area contributed by atoms with Crippen molar-refractivity contribution in [3.05, 3.63) is 29.8 Å². The van der Waals surface area contributed by atoms with E-state index in [1.807, 2.05) is 19.1 Å². The predicted molar refractivity (Wildman–Crippen MR) is 48.2 cm³/mol. The van der Waals surface area contributed by atoms with E-state index in [9.17, 15) is 4.79 Å². The minimum Gasteiger partial charge on any atom is -0.427 e. The SMILES string of the molecule is CC(=O)Oc1ccc(C)cc1.[K]. The molecule has 0 atom stereocenters. The quantitative estimate of drug-likeness (QED) is 0.380. The zero-order valence-corrected chi connectivity index (χ0v) is 10.7. The van der Waals surface area contributed by atoms with Gasteiger partial charge in [0.1, 0.15) is 5.75 Å². The maximum Gasteiger partial charge on any atom is 0.308 e. The largest absolute Gasteiger partial charge is 0.427 e. The van der Waals surface area contributed by atoms with Gasteiger partial charge in [0, 0.05) is 58.3 Å². The number of esters is 1. The Hall–Kier alpha value is 0.326. The van der Waals surface area contributed by atoms with Crippen LogP contribution < -0.4 is 4.74 Å². The molecule has 1 aromatic rings. The fraction of sp³-hybridized carbons (Fsp3) is 0.222. The molecule has 3 heteroatoms. The number of carbonyl (C=O) groups is 1. The van der Waals surface area contributed by atoms with Crippen molar-refractivity contribution in [2.75, 3.05) is 0 Å². The number of carbonyl (C=O) groups excluding carboxylic acids is 1. The molecule has 59 valence electrons. The van der Waals surface area contributed by atoms with E-state index >= 15 is 0 Å². The van der Waals surface area contributed by atoms with Gasteiger partial charge in [0.2, 0.25) is 0 Å². The molecule has 2 nitrogen and oxygen atoms in total. The minimum absolute atomic E-state index is 0. The van der Waals surface area contributed by atoms with Gasteiger partial charge >= 0.3 is 5.97 Å². The van der Waals surface area contributed by atoms with Crippen LogP contribution in [0.5, 0.6) is 5.75 Å². The summed E-state index contributed by atoms with van der Waals surface area (Å²) in [5, 5.41) is 0. The van der Waals surface area contributed by atoms with Crippen molar-refractivity contribution in [2.45, 2.75) is 13.8 Å². The van der Waals surface area contributed by atoms with Crippen LogP contribution in [-0.4, -0.2) is 57.4 Å². The summed E-state index contributed by atoms with van der Waals surface area (Å²) in [5.41, 5.74) is 1.15. The van der Waals surface area contributed by atoms with E-state index in [-0.39, 0.29) is 57.4 Å². The summed E-state index contributed by atoms with van der Waals surface area (Å²) in [7, 11) is 0. The number of benzene rings is 1. The minimum atomic E-state index is -0.283. The van der Waals surface area contributed by atoms with Crippen LogP contribution in [0, 0.1) is 6.92 Å². The molecule has 0 fully saturated rings. The summed E-state index contributed by atoms with van der Waals surface area (Å²) in [5.74, 6) is 0.317. The van der Waals surface area contributed by atoms with Gasteiger partial charge in [0.25, 0.3) is 0 Å². The Bertz CT molecular complexity index is 254. The third-order valence-electron chi connectivity index (χ3n) is 1.28. The smallest absolute Gasteiger partial charge is 0.308 e. The van der Waals surface area contributed by atoms with Crippen LogP contribution in [0.4, 0.5) is 0 Å². The van der Waals surface area contributed by atoms with Crippen molar-refractivity contribution in [1.29, 1.82) is 0 Å². The topological polar surface area (TPSA) is 26.3 Å². The second-order valence-electron chi connectivity index (χ2n) is 2.41. The average molecular weight is 189 g/mol. The monoisotopic (exact) mass is 189 g/mol. The van der Waals surface area contributed by atoms with Gasteiger partial charge in [-0.1, -0.05) is 17.7 Å². The number of aryl methyl sites for hydroxylation is 1. The number of ether oxygens (including phenoxy) is 1. The van der Waals surface area contributed by atoms with Crippen molar-refractivity contribution in [1.82, 2.24) is 0 Å². The summed E-state index contributed by atoms with van der Waals surface area (Å²) in [4.78, 5) is 10.5. The van der Waals surface area contributed by atoms with Crippen LogP contribution >= 0.6 is 0 Å². The first-order valence-corrected chi connectivity index (χ1v) is 3.43. The van der Waals surface area contributed by atoms with Gasteiger partial charge in [-0.3, -0.25) is 4.79 Å². The second-order valence-corrected chi connectivity index (χ2v) is 2.41. The van der Waals surface area contributed by atoms with Crippen molar-refractivity contribution >= 4 is 57.4 Å². The zero-order chi connectivity index (χ0) is 8.27. The van der Waals surface area contributed by atoms with Crippen molar-refractivity contribution in [3.63, 3.8) is 0 Å². The third-order valence-corrected chi connectivity index (χ3v) is 1.28. The predicted octanol–water partition coefficient (Wildman–Crippen LogP) is 1.54. The van der Waals surface area contributed by atoms with E-state index in [0.717, 1.165) is 5.56 Å². The van der Waals surface area contributed by atoms with Crippen LogP contribution in [0.25, 0.3) is 0 Å². The van der Waals surface area contributed by atoms with Gasteiger partial charge in [0.05, 0.1) is 0 Å². The van der Waals surface area contributed by atoms with E-state index in [2.05, 4.69) is 0 Å². The first-order chi connectivity index (χ1) is 5.18. The average Bonchev–Trinajstić information content (AvgIpc) is 1.93. The zero-order valence-electron chi connectivity index (χ0n) is 7.63. The van der Waals surface area contributed by atoms with Crippen LogP contribution in [0.15, 0.2) is 24.3 Å². The van der Waals surface area contributed by atoms with Crippen LogP contribution in [0.1, 0.15) is 12.5 Å². The fourth-order valence-electron chi connectivity index (χ4n) is 0.772. The van der Waals surface area contributed by atoms with Crippen LogP contribution in [0.2, 0.25) is 0 Å². The molecule has 0 aliphatic heterocycles. The van der Waals surface area contributed by atoms with Crippen LogP contribution in [-0.2, 0) is 4.79 Å². The Morgan fingerprint density at radius 3 is 2.17 bits per heavy atom. The van der Waals surface area contributed by atoms with E-state index in [4.69, 9.17) is 4.74 Å². The molecule has 0 bridgehead atoms. The molecule has 0 heterocycles. The molecule has 0 aromatic heterocycles. The summed E-state index contributed by atoms with van der Waals surface area (Å²) in [6.07, 6.45) is 0. The molecule has 0 aliphatic rings. The molecule has 0 saturated heterocycles. The fourth-order valence-corrected chi connectivity index (χ4v) is 0.772. The van der Waals surface area contributed by atoms with Crippen molar-refractivity contribution in [2.24, 2.45) is 0 Å². The molecule has 0 spiro atoms. The standard InChI is InChI=1S/C9H10O2.K/c1-7-3-5-9(6-4-7)11-8(2)10;/h3-6H,1-2H3;. The van der Waals surface area contributed by atoms with Crippen molar-refractivity contribution in [3.8, 4) is 5.75 Å². The van der Waals surface area contributed by atoms with Gasteiger partial charge < -0.3 is 4.74 Å². The Labute approximate surface area is 115 Å². The first kappa shape index (κ1) is 12.3. The molecule has 12 heavy (non-hydrogen) atoms. The summed E-state index contributed by atoms with van der Waals surface area (Å²) in [6.45, 7) is 3.37.